The minimum atomic E-state index is 0.856. The van der Waals surface area contributed by atoms with Crippen LogP contribution in [0.3, 0.4) is 0 Å². The summed E-state index contributed by atoms with van der Waals surface area (Å²) in [5, 5.41) is 8.32. The molecule has 0 aliphatic rings. The first-order valence-corrected chi connectivity index (χ1v) is 18.8. The van der Waals surface area contributed by atoms with Crippen molar-refractivity contribution in [2.45, 2.75) is 0 Å². The van der Waals surface area contributed by atoms with E-state index in [9.17, 15) is 0 Å². The number of furan rings is 1. The Morgan fingerprint density at radius 2 is 0.764 bits per heavy atom. The zero-order valence-electron chi connectivity index (χ0n) is 29.9. The number of aromatic nitrogens is 1. The van der Waals surface area contributed by atoms with Gasteiger partial charge in [-0.3, -0.25) is 0 Å². The van der Waals surface area contributed by atoms with Crippen LogP contribution in [0.5, 0.6) is 0 Å². The Kier molecular flexibility index (Phi) is 7.21. The quantitative estimate of drug-likeness (QED) is 0.167. The molecule has 2 heterocycles. The Morgan fingerprint density at radius 3 is 1.40 bits per heavy atom. The third-order valence-electron chi connectivity index (χ3n) is 11.1. The van der Waals surface area contributed by atoms with Gasteiger partial charge in [0.25, 0.3) is 0 Å². The molecule has 0 radical (unpaired) electrons. The fraction of sp³-hybridized carbons (Fsp3) is 0. The number of hydrogen-bond acceptors (Lipinski definition) is 2. The van der Waals surface area contributed by atoms with Crippen LogP contribution in [-0.2, 0) is 0 Å². The average Bonchev–Trinajstić information content (AvgIpc) is 3.65. The van der Waals surface area contributed by atoms with Gasteiger partial charge in [0.2, 0.25) is 0 Å². The summed E-state index contributed by atoms with van der Waals surface area (Å²) in [4.78, 5) is 5.47. The van der Waals surface area contributed by atoms with E-state index in [1.165, 1.54) is 43.8 Å². The molecule has 0 aliphatic heterocycles. The molecular weight excluding hydrogens is 667 g/mol. The lowest BCUT2D eigenvalue weighted by molar-refractivity contribution is 0.670. The highest BCUT2D eigenvalue weighted by atomic mass is 16.3. The van der Waals surface area contributed by atoms with Crippen molar-refractivity contribution in [1.29, 1.82) is 0 Å². The molecule has 0 aliphatic carbocycles. The van der Waals surface area contributed by atoms with Crippen LogP contribution < -0.4 is 0 Å². The molecule has 2 heteroatoms. The van der Waals surface area contributed by atoms with Gasteiger partial charge >= 0.3 is 0 Å². The van der Waals surface area contributed by atoms with E-state index >= 15 is 0 Å². The fourth-order valence-corrected chi connectivity index (χ4v) is 8.60. The second kappa shape index (κ2) is 12.7. The molecule has 11 aromatic rings. The SMILES string of the molecule is c1ccc(-c2c3ccccc3c(-c3ccc(-c4cccc5c(-c6ccccc6)cc(-c6cccc7c6oc6ccccc67)nc45)cc3)c3ccccc23)cc1. The maximum Gasteiger partial charge on any atom is 0.144 e. The lowest BCUT2D eigenvalue weighted by Crippen LogP contribution is -1.93. The summed E-state index contributed by atoms with van der Waals surface area (Å²) >= 11 is 0. The molecule has 0 bridgehead atoms. The number of benzene rings is 9. The Balaban J connectivity index is 1.11. The van der Waals surface area contributed by atoms with Crippen LogP contribution in [0.2, 0.25) is 0 Å². The summed E-state index contributed by atoms with van der Waals surface area (Å²) < 4.78 is 6.52. The third-order valence-corrected chi connectivity index (χ3v) is 11.1. The summed E-state index contributed by atoms with van der Waals surface area (Å²) in [5.41, 5.74) is 14.0. The molecule has 9 aromatic carbocycles. The van der Waals surface area contributed by atoms with Gasteiger partial charge in [0.15, 0.2) is 0 Å². The average molecular weight is 700 g/mol. The van der Waals surface area contributed by atoms with Crippen LogP contribution >= 0.6 is 0 Å². The van der Waals surface area contributed by atoms with Crippen LogP contribution in [0.1, 0.15) is 0 Å². The Bertz CT molecular complexity index is 3180. The normalized spacial score (nSPS) is 11.6. The molecule has 0 atom stereocenters. The van der Waals surface area contributed by atoms with Gasteiger partial charge in [-0.1, -0.05) is 182 Å². The van der Waals surface area contributed by atoms with Gasteiger partial charge < -0.3 is 4.42 Å². The standard InChI is InChI=1S/C53H33NO/c1-3-15-34(16-4-1)47-33-48(46-27-14-26-45-39-19-11-12-28-49(39)55-53(45)46)54-52-38(24-13-25-44(47)52)35-29-31-37(32-30-35)51-42-22-9-7-20-40(42)50(36-17-5-2-6-18-36)41-21-8-10-23-43(41)51/h1-33H. The van der Waals surface area contributed by atoms with Crippen LogP contribution in [0.4, 0.5) is 0 Å². The molecule has 0 spiro atoms. The fourth-order valence-electron chi connectivity index (χ4n) is 8.60. The van der Waals surface area contributed by atoms with Crippen molar-refractivity contribution < 1.29 is 4.42 Å². The predicted octanol–water partition coefficient (Wildman–Crippen LogP) is 14.8. The molecule has 256 valence electrons. The number of para-hydroxylation sites is 3. The Hall–Kier alpha value is -7.29. The largest absolute Gasteiger partial charge is 0.455 e. The van der Waals surface area contributed by atoms with Gasteiger partial charge in [-0.05, 0) is 78.7 Å². The molecule has 0 amide bonds. The summed E-state index contributed by atoms with van der Waals surface area (Å²) in [7, 11) is 0. The molecular formula is C53H33NO. The van der Waals surface area contributed by atoms with Crippen molar-refractivity contribution in [1.82, 2.24) is 4.98 Å². The first-order chi connectivity index (χ1) is 27.3. The first kappa shape index (κ1) is 31.3. The van der Waals surface area contributed by atoms with Gasteiger partial charge in [-0.25, -0.2) is 4.98 Å². The monoisotopic (exact) mass is 699 g/mol. The van der Waals surface area contributed by atoms with E-state index in [0.29, 0.717) is 0 Å². The number of rotatable bonds is 5. The zero-order valence-corrected chi connectivity index (χ0v) is 29.9. The summed E-state index contributed by atoms with van der Waals surface area (Å²) in [5.74, 6) is 0. The van der Waals surface area contributed by atoms with Crippen LogP contribution in [-0.4, -0.2) is 4.98 Å². The second-order valence-electron chi connectivity index (χ2n) is 14.2. The second-order valence-corrected chi connectivity index (χ2v) is 14.2. The van der Waals surface area contributed by atoms with E-state index < -0.39 is 0 Å². The number of hydrogen-bond donors (Lipinski definition) is 0. The summed E-state index contributed by atoms with van der Waals surface area (Å²) in [6.45, 7) is 0. The van der Waals surface area contributed by atoms with Crippen LogP contribution in [0.25, 0.3) is 110 Å². The third kappa shape index (κ3) is 5.07. The van der Waals surface area contributed by atoms with E-state index in [1.54, 1.807) is 0 Å². The van der Waals surface area contributed by atoms with Gasteiger partial charge in [0.05, 0.1) is 11.2 Å². The molecule has 0 fully saturated rings. The molecule has 2 aromatic heterocycles. The first-order valence-electron chi connectivity index (χ1n) is 18.8. The van der Waals surface area contributed by atoms with Gasteiger partial charge in [0, 0.05) is 27.3 Å². The molecule has 0 unspecified atom stereocenters. The van der Waals surface area contributed by atoms with Crippen molar-refractivity contribution in [2.75, 3.05) is 0 Å². The minimum absolute atomic E-state index is 0.856. The Morgan fingerprint density at radius 1 is 0.309 bits per heavy atom. The van der Waals surface area contributed by atoms with E-state index in [1.807, 2.05) is 12.1 Å². The molecule has 0 N–H and O–H groups in total. The highest BCUT2D eigenvalue weighted by Gasteiger charge is 2.19. The van der Waals surface area contributed by atoms with Gasteiger partial charge in [-0.15, -0.1) is 0 Å². The molecule has 2 nitrogen and oxygen atoms in total. The smallest absolute Gasteiger partial charge is 0.144 e. The number of fused-ring (bicyclic) bond motifs is 6. The van der Waals surface area contributed by atoms with E-state index in [-0.39, 0.29) is 0 Å². The molecule has 0 saturated carbocycles. The summed E-state index contributed by atoms with van der Waals surface area (Å²) in [6.07, 6.45) is 0. The summed E-state index contributed by atoms with van der Waals surface area (Å²) in [6, 6.07) is 71.5. The Labute approximate surface area is 318 Å². The van der Waals surface area contributed by atoms with Crippen LogP contribution in [0, 0.1) is 0 Å². The van der Waals surface area contributed by atoms with E-state index in [0.717, 1.165) is 66.4 Å². The highest BCUT2D eigenvalue weighted by molar-refractivity contribution is 6.21. The lowest BCUT2D eigenvalue weighted by atomic mass is 9.85. The maximum atomic E-state index is 6.52. The van der Waals surface area contributed by atoms with Crippen molar-refractivity contribution in [3.8, 4) is 55.8 Å². The maximum absolute atomic E-state index is 6.52. The van der Waals surface area contributed by atoms with E-state index in [4.69, 9.17) is 9.40 Å². The van der Waals surface area contributed by atoms with Crippen LogP contribution in [0.15, 0.2) is 205 Å². The van der Waals surface area contributed by atoms with Crippen molar-refractivity contribution in [2.24, 2.45) is 0 Å². The van der Waals surface area contributed by atoms with Gasteiger partial charge in [0.1, 0.15) is 11.2 Å². The number of nitrogens with zero attached hydrogens (tertiary/aromatic N) is 1. The van der Waals surface area contributed by atoms with Crippen molar-refractivity contribution in [3.63, 3.8) is 0 Å². The molecule has 0 saturated heterocycles. The molecule has 11 rings (SSSR count). The topological polar surface area (TPSA) is 26.0 Å². The van der Waals surface area contributed by atoms with Gasteiger partial charge in [-0.2, -0.15) is 0 Å². The highest BCUT2D eigenvalue weighted by Crippen LogP contribution is 2.45. The van der Waals surface area contributed by atoms with Crippen molar-refractivity contribution in [3.05, 3.63) is 200 Å². The van der Waals surface area contributed by atoms with Crippen molar-refractivity contribution >= 4 is 54.4 Å². The minimum Gasteiger partial charge on any atom is -0.455 e. The lowest BCUT2D eigenvalue weighted by Gasteiger charge is -2.18. The zero-order chi connectivity index (χ0) is 36.3. The number of pyridine rings is 1. The van der Waals surface area contributed by atoms with E-state index in [2.05, 4.69) is 188 Å². The predicted molar refractivity (Wildman–Crippen MR) is 231 cm³/mol. The molecule has 55 heavy (non-hydrogen) atoms.